The fourth-order valence-corrected chi connectivity index (χ4v) is 9.05. The van der Waals surface area contributed by atoms with E-state index in [0.717, 1.165) is 24.2 Å². The number of unbranched alkanes of at least 4 members (excludes halogenated alkanes) is 17. The second kappa shape index (κ2) is 28.0. The molecule has 4 aromatic carbocycles. The minimum absolute atomic E-state index is 0.426. The highest BCUT2D eigenvalue weighted by molar-refractivity contribution is 5.44. The van der Waals surface area contributed by atoms with Crippen molar-refractivity contribution in [3.8, 4) is 0 Å². The molecule has 0 heterocycles. The molecule has 0 saturated carbocycles. The third-order valence-corrected chi connectivity index (χ3v) is 12.6. The van der Waals surface area contributed by atoms with Gasteiger partial charge in [-0.1, -0.05) is 222 Å². The van der Waals surface area contributed by atoms with Gasteiger partial charge in [-0.2, -0.15) is 0 Å². The van der Waals surface area contributed by atoms with E-state index in [9.17, 15) is 0 Å². The monoisotopic (exact) mass is 771 g/mol. The number of nitrogen functional groups attached to an aromatic ring is 2. The number of rotatable bonds is 31. The molecule has 312 valence electrons. The average Bonchev–Trinajstić information content (AvgIpc) is 3.23. The summed E-state index contributed by atoms with van der Waals surface area (Å²) >= 11 is 0. The van der Waals surface area contributed by atoms with Crippen molar-refractivity contribution >= 4 is 11.4 Å². The molecule has 0 aliphatic rings. The Balaban J connectivity index is 1.45. The van der Waals surface area contributed by atoms with Crippen LogP contribution in [0.2, 0.25) is 0 Å². The van der Waals surface area contributed by atoms with Crippen LogP contribution in [0.5, 0.6) is 0 Å². The van der Waals surface area contributed by atoms with Crippen LogP contribution in [0.4, 0.5) is 11.4 Å². The van der Waals surface area contributed by atoms with Crippen molar-refractivity contribution in [2.75, 3.05) is 11.5 Å². The van der Waals surface area contributed by atoms with Crippen molar-refractivity contribution in [3.63, 3.8) is 0 Å². The fraction of sp³-hybridized carbons (Fsp3) is 0.564. The third kappa shape index (κ3) is 17.9. The number of nitrogens with two attached hydrogens (primary N) is 2. The van der Waals surface area contributed by atoms with Crippen LogP contribution in [0, 0.1) is 5.92 Å². The van der Waals surface area contributed by atoms with Crippen LogP contribution in [0.25, 0.3) is 0 Å². The highest BCUT2D eigenvalue weighted by Crippen LogP contribution is 2.34. The topological polar surface area (TPSA) is 52.0 Å². The summed E-state index contributed by atoms with van der Waals surface area (Å²) in [6, 6.07) is 36.9. The second-order valence-electron chi connectivity index (χ2n) is 17.6. The molecule has 2 heteroatoms. The molecule has 4 N–H and O–H groups in total. The van der Waals surface area contributed by atoms with Crippen molar-refractivity contribution in [2.45, 2.75) is 193 Å². The molecule has 0 radical (unpaired) electrons. The predicted molar refractivity (Wildman–Crippen MR) is 252 cm³/mol. The molecule has 0 fully saturated rings. The van der Waals surface area contributed by atoms with E-state index in [-0.39, 0.29) is 0 Å². The first-order valence-corrected chi connectivity index (χ1v) is 23.9. The molecule has 0 spiro atoms. The largest absolute Gasteiger partial charge is 0.399 e. The van der Waals surface area contributed by atoms with E-state index in [1.54, 1.807) is 0 Å². The van der Waals surface area contributed by atoms with Crippen LogP contribution in [0.3, 0.4) is 0 Å². The van der Waals surface area contributed by atoms with Gasteiger partial charge in [-0.3, -0.25) is 0 Å². The summed E-state index contributed by atoms with van der Waals surface area (Å²) in [5.74, 6) is 1.50. The van der Waals surface area contributed by atoms with Gasteiger partial charge >= 0.3 is 0 Å². The van der Waals surface area contributed by atoms with Crippen molar-refractivity contribution in [3.05, 3.63) is 130 Å². The van der Waals surface area contributed by atoms with Crippen molar-refractivity contribution in [1.82, 2.24) is 0 Å². The zero-order chi connectivity index (χ0) is 40.3. The third-order valence-electron chi connectivity index (χ3n) is 12.6. The summed E-state index contributed by atoms with van der Waals surface area (Å²) in [5, 5.41) is 0. The van der Waals surface area contributed by atoms with Crippen LogP contribution in [0.1, 0.15) is 214 Å². The first-order chi connectivity index (χ1) is 28.0. The first kappa shape index (κ1) is 46.2. The van der Waals surface area contributed by atoms with E-state index in [0.29, 0.717) is 17.8 Å². The molecule has 57 heavy (non-hydrogen) atoms. The molecule has 0 aromatic heterocycles. The quantitative estimate of drug-likeness (QED) is 0.0395. The van der Waals surface area contributed by atoms with Crippen molar-refractivity contribution < 1.29 is 0 Å². The van der Waals surface area contributed by atoms with Gasteiger partial charge in [0.15, 0.2) is 0 Å². The van der Waals surface area contributed by atoms with Gasteiger partial charge in [-0.25, -0.2) is 0 Å². The minimum atomic E-state index is 0.426. The number of benzene rings is 4. The number of anilines is 2. The average molecular weight is 771 g/mol. The smallest absolute Gasteiger partial charge is 0.0314 e. The van der Waals surface area contributed by atoms with Gasteiger partial charge in [0.05, 0.1) is 0 Å². The van der Waals surface area contributed by atoms with Gasteiger partial charge in [-0.05, 0) is 95.7 Å². The molecule has 4 aromatic rings. The van der Waals surface area contributed by atoms with Gasteiger partial charge in [0.1, 0.15) is 0 Å². The lowest BCUT2D eigenvalue weighted by Gasteiger charge is -2.21. The Morgan fingerprint density at radius 1 is 0.316 bits per heavy atom. The number of hydrogen-bond acceptors (Lipinski definition) is 2. The molecule has 2 unspecified atom stereocenters. The van der Waals surface area contributed by atoms with Crippen molar-refractivity contribution in [2.24, 2.45) is 5.92 Å². The zero-order valence-electron chi connectivity index (χ0n) is 36.8. The maximum atomic E-state index is 6.11. The summed E-state index contributed by atoms with van der Waals surface area (Å²) in [7, 11) is 0. The lowest BCUT2D eigenvalue weighted by Crippen LogP contribution is -2.10. The Morgan fingerprint density at radius 2 is 0.579 bits per heavy atom. The van der Waals surface area contributed by atoms with E-state index in [1.165, 1.54) is 181 Å². The van der Waals surface area contributed by atoms with E-state index < -0.39 is 0 Å². The molecule has 0 bridgehead atoms. The highest BCUT2D eigenvalue weighted by Gasteiger charge is 2.18. The number of hydrogen-bond donors (Lipinski definition) is 2. The summed E-state index contributed by atoms with van der Waals surface area (Å²) in [6.07, 6.45) is 33.0. The van der Waals surface area contributed by atoms with Crippen molar-refractivity contribution in [1.29, 1.82) is 0 Å². The Bertz CT molecular complexity index is 1440. The Labute approximate surface area is 351 Å². The Kier molecular flexibility index (Phi) is 22.7. The molecular formula is C55H82N2. The van der Waals surface area contributed by atoms with Crippen LogP contribution < -0.4 is 11.5 Å². The molecular weight excluding hydrogens is 689 g/mol. The fourth-order valence-electron chi connectivity index (χ4n) is 9.05. The van der Waals surface area contributed by atoms with Crippen LogP contribution in [-0.2, 0) is 12.8 Å². The lowest BCUT2D eigenvalue weighted by molar-refractivity contribution is 0.444. The molecule has 4 rings (SSSR count). The van der Waals surface area contributed by atoms with Crippen LogP contribution in [0.15, 0.2) is 97.1 Å². The van der Waals surface area contributed by atoms with Gasteiger partial charge in [0, 0.05) is 23.2 Å². The highest BCUT2D eigenvalue weighted by atomic mass is 14.5. The van der Waals surface area contributed by atoms with Crippen LogP contribution >= 0.6 is 0 Å². The summed E-state index contributed by atoms with van der Waals surface area (Å²) in [6.45, 7) is 6.91. The molecule has 2 atom stereocenters. The van der Waals surface area contributed by atoms with E-state index in [2.05, 4.69) is 118 Å². The molecule has 2 nitrogen and oxygen atoms in total. The standard InChI is InChI=1S/C55H82N2/c1-4-7-10-13-16-17-18-21-24-47(43-45-27-31-48(32-28-45)54(25-22-19-14-11-8-5-2)50-35-39-52(56)40-36-50)44-46-29-33-49(34-30-46)55(26-23-20-15-12-9-6-3)51-37-41-53(57)42-38-51/h27-42,47,54-55H,4-26,43-44,56-57H2,1-3H3. The maximum absolute atomic E-state index is 6.11. The first-order valence-electron chi connectivity index (χ1n) is 23.9. The molecule has 0 amide bonds. The van der Waals surface area contributed by atoms with Crippen LogP contribution in [-0.4, -0.2) is 0 Å². The van der Waals surface area contributed by atoms with Gasteiger partial charge in [-0.15, -0.1) is 0 Å². The SMILES string of the molecule is CCCCCCCCCCC(Cc1ccc(C(CCCCCCCC)c2ccc(N)cc2)cc1)Cc1ccc(C(CCCCCCCC)c2ccc(N)cc2)cc1. The molecule has 0 aliphatic heterocycles. The van der Waals surface area contributed by atoms with E-state index in [4.69, 9.17) is 11.5 Å². The Hall–Kier alpha value is -3.52. The zero-order valence-corrected chi connectivity index (χ0v) is 36.8. The lowest BCUT2D eigenvalue weighted by atomic mass is 9.83. The minimum Gasteiger partial charge on any atom is -0.399 e. The molecule has 0 aliphatic carbocycles. The Morgan fingerprint density at radius 3 is 0.895 bits per heavy atom. The predicted octanol–water partition coefficient (Wildman–Crippen LogP) is 16.5. The van der Waals surface area contributed by atoms with E-state index in [1.807, 2.05) is 0 Å². The summed E-state index contributed by atoms with van der Waals surface area (Å²) < 4.78 is 0. The summed E-state index contributed by atoms with van der Waals surface area (Å²) in [5.41, 5.74) is 22.6. The van der Waals surface area contributed by atoms with Gasteiger partial charge < -0.3 is 11.5 Å². The normalized spacial score (nSPS) is 13.1. The molecule has 0 saturated heterocycles. The van der Waals surface area contributed by atoms with E-state index >= 15 is 0 Å². The van der Waals surface area contributed by atoms with Gasteiger partial charge in [0.25, 0.3) is 0 Å². The summed E-state index contributed by atoms with van der Waals surface area (Å²) in [4.78, 5) is 0. The van der Waals surface area contributed by atoms with Gasteiger partial charge in [0.2, 0.25) is 0 Å². The maximum Gasteiger partial charge on any atom is 0.0314 e. The second-order valence-corrected chi connectivity index (χ2v) is 17.6.